The summed E-state index contributed by atoms with van der Waals surface area (Å²) in [4.78, 5) is 19.6. The Morgan fingerprint density at radius 1 is 1.15 bits per heavy atom. The van der Waals surface area contributed by atoms with Gasteiger partial charge < -0.3 is 24.8 Å². The number of carbonyl (C=O) groups is 1. The molecule has 0 amide bonds. The number of methoxy groups -OCH3 is 1. The number of ether oxygens (including phenoxy) is 3. The van der Waals surface area contributed by atoms with Crippen molar-refractivity contribution in [3.05, 3.63) is 60.0 Å². The van der Waals surface area contributed by atoms with E-state index in [4.69, 9.17) is 9.47 Å². The molecule has 2 heterocycles. The van der Waals surface area contributed by atoms with E-state index in [1.807, 2.05) is 0 Å². The second kappa shape index (κ2) is 8.81. The molecule has 8 nitrogen and oxygen atoms in total. The van der Waals surface area contributed by atoms with Gasteiger partial charge in [0, 0.05) is 29.4 Å². The quantitative estimate of drug-likeness (QED) is 0.408. The SMILES string of the molecule is COC(=O)C1Cc2cc(Nc3ncc(F)c(Nc4cccc(OC(F)(F)F)c4)n3)ccc2O1. The van der Waals surface area contributed by atoms with Gasteiger partial charge in [0.2, 0.25) is 5.95 Å². The number of nitrogens with one attached hydrogen (secondary N) is 2. The van der Waals surface area contributed by atoms with E-state index in [-0.39, 0.29) is 17.5 Å². The van der Waals surface area contributed by atoms with Gasteiger partial charge in [-0.25, -0.2) is 14.2 Å². The fraction of sp³-hybridized carbons (Fsp3) is 0.190. The number of carbonyl (C=O) groups excluding carboxylic acids is 1. The second-order valence-corrected chi connectivity index (χ2v) is 6.87. The summed E-state index contributed by atoms with van der Waals surface area (Å²) in [6.07, 6.45) is -4.34. The van der Waals surface area contributed by atoms with E-state index < -0.39 is 30.0 Å². The van der Waals surface area contributed by atoms with Crippen LogP contribution in [0.15, 0.2) is 48.7 Å². The van der Waals surface area contributed by atoms with Crippen LogP contribution >= 0.6 is 0 Å². The number of fused-ring (bicyclic) bond motifs is 1. The van der Waals surface area contributed by atoms with Gasteiger partial charge in [0.15, 0.2) is 17.7 Å². The number of rotatable bonds is 6. The van der Waals surface area contributed by atoms with Crippen LogP contribution in [0.5, 0.6) is 11.5 Å². The van der Waals surface area contributed by atoms with Gasteiger partial charge in [0.25, 0.3) is 0 Å². The highest BCUT2D eigenvalue weighted by Crippen LogP contribution is 2.32. The topological polar surface area (TPSA) is 94.6 Å². The lowest BCUT2D eigenvalue weighted by atomic mass is 10.1. The summed E-state index contributed by atoms with van der Waals surface area (Å²) in [6.45, 7) is 0. The van der Waals surface area contributed by atoms with E-state index in [2.05, 4.69) is 25.3 Å². The molecular formula is C21H16F4N4O4. The van der Waals surface area contributed by atoms with Gasteiger partial charge >= 0.3 is 12.3 Å². The van der Waals surface area contributed by atoms with Gasteiger partial charge in [-0.1, -0.05) is 6.07 Å². The molecule has 0 saturated carbocycles. The smallest absolute Gasteiger partial charge is 0.478 e. The number of benzene rings is 2. The summed E-state index contributed by atoms with van der Waals surface area (Å²) in [5.74, 6) is -1.45. The summed E-state index contributed by atoms with van der Waals surface area (Å²) in [7, 11) is 1.28. The average molecular weight is 464 g/mol. The van der Waals surface area contributed by atoms with Crippen LogP contribution in [-0.4, -0.2) is 35.5 Å². The summed E-state index contributed by atoms with van der Waals surface area (Å²) < 4.78 is 65.6. The van der Waals surface area contributed by atoms with Gasteiger partial charge in [0.1, 0.15) is 11.5 Å². The van der Waals surface area contributed by atoms with Gasteiger partial charge in [-0.2, -0.15) is 4.98 Å². The minimum Gasteiger partial charge on any atom is -0.478 e. The van der Waals surface area contributed by atoms with Gasteiger partial charge in [-0.15, -0.1) is 13.2 Å². The lowest BCUT2D eigenvalue weighted by Gasteiger charge is -2.12. The molecule has 0 fully saturated rings. The van der Waals surface area contributed by atoms with Crippen molar-refractivity contribution in [1.82, 2.24) is 9.97 Å². The van der Waals surface area contributed by atoms with Crippen molar-refractivity contribution < 1.29 is 36.6 Å². The summed E-state index contributed by atoms with van der Waals surface area (Å²) in [5, 5.41) is 5.52. The predicted octanol–water partition coefficient (Wildman–Crippen LogP) is 4.48. The molecule has 1 atom stereocenters. The predicted molar refractivity (Wildman–Crippen MR) is 108 cm³/mol. The minimum atomic E-state index is -4.85. The van der Waals surface area contributed by atoms with E-state index in [9.17, 15) is 22.4 Å². The van der Waals surface area contributed by atoms with Crippen LogP contribution in [0.25, 0.3) is 0 Å². The number of hydrogen-bond donors (Lipinski definition) is 2. The largest absolute Gasteiger partial charge is 0.573 e. The summed E-state index contributed by atoms with van der Waals surface area (Å²) >= 11 is 0. The Balaban J connectivity index is 1.49. The molecule has 12 heteroatoms. The molecule has 0 aliphatic carbocycles. The molecule has 1 aromatic heterocycles. The molecule has 172 valence electrons. The number of nitrogens with zero attached hydrogens (tertiary/aromatic N) is 2. The minimum absolute atomic E-state index is 0.0324. The van der Waals surface area contributed by atoms with Crippen molar-refractivity contribution in [2.24, 2.45) is 0 Å². The number of anilines is 4. The van der Waals surface area contributed by atoms with Crippen LogP contribution in [-0.2, 0) is 16.0 Å². The maximum Gasteiger partial charge on any atom is 0.573 e. The first kappa shape index (κ1) is 22.1. The Kier molecular flexibility index (Phi) is 5.90. The van der Waals surface area contributed by atoms with Crippen LogP contribution in [0.3, 0.4) is 0 Å². The lowest BCUT2D eigenvalue weighted by Crippen LogP contribution is -2.26. The maximum absolute atomic E-state index is 14.2. The molecule has 33 heavy (non-hydrogen) atoms. The summed E-state index contributed by atoms with van der Waals surface area (Å²) in [5.41, 5.74) is 1.45. The van der Waals surface area contributed by atoms with Crippen molar-refractivity contribution >= 4 is 29.1 Å². The highest BCUT2D eigenvalue weighted by atomic mass is 19.4. The van der Waals surface area contributed by atoms with Crippen LogP contribution in [0.4, 0.5) is 40.7 Å². The maximum atomic E-state index is 14.2. The Hall–Kier alpha value is -4.09. The fourth-order valence-electron chi connectivity index (χ4n) is 3.14. The molecule has 0 spiro atoms. The second-order valence-electron chi connectivity index (χ2n) is 6.87. The van der Waals surface area contributed by atoms with Crippen molar-refractivity contribution in [2.75, 3.05) is 17.7 Å². The van der Waals surface area contributed by atoms with E-state index in [0.29, 0.717) is 17.9 Å². The molecule has 2 aromatic carbocycles. The number of aromatic nitrogens is 2. The van der Waals surface area contributed by atoms with E-state index >= 15 is 0 Å². The third-order valence-electron chi connectivity index (χ3n) is 4.53. The zero-order valence-electron chi connectivity index (χ0n) is 16.9. The van der Waals surface area contributed by atoms with E-state index in [0.717, 1.165) is 23.9 Å². The van der Waals surface area contributed by atoms with Crippen molar-refractivity contribution in [2.45, 2.75) is 18.9 Å². The Labute approximate surface area is 184 Å². The Morgan fingerprint density at radius 3 is 2.70 bits per heavy atom. The molecule has 0 bridgehead atoms. The standard InChI is InChI=1S/C21H16F4N4O4/c1-31-19(30)17-8-11-7-13(5-6-16(11)32-17)28-20-26-10-15(22)18(29-20)27-12-3-2-4-14(9-12)33-21(23,24)25/h2-7,9-10,17H,8H2,1H3,(H2,26,27,28,29). The monoisotopic (exact) mass is 464 g/mol. The zero-order valence-corrected chi connectivity index (χ0v) is 16.9. The summed E-state index contributed by atoms with van der Waals surface area (Å²) in [6, 6.07) is 9.97. The number of esters is 1. The normalized spacial score (nSPS) is 14.8. The van der Waals surface area contributed by atoms with Crippen molar-refractivity contribution in [3.8, 4) is 11.5 Å². The molecular weight excluding hydrogens is 448 g/mol. The molecule has 4 rings (SSSR count). The Bertz CT molecular complexity index is 1190. The number of hydrogen-bond acceptors (Lipinski definition) is 8. The highest BCUT2D eigenvalue weighted by Gasteiger charge is 2.31. The number of halogens is 4. The third kappa shape index (κ3) is 5.40. The third-order valence-corrected chi connectivity index (χ3v) is 4.53. The van der Waals surface area contributed by atoms with Gasteiger partial charge in [-0.05, 0) is 30.3 Å². The molecule has 1 unspecified atom stereocenters. The molecule has 1 aliphatic heterocycles. The van der Waals surface area contributed by atoms with Gasteiger partial charge in [-0.3, -0.25) is 0 Å². The van der Waals surface area contributed by atoms with Crippen molar-refractivity contribution in [1.29, 1.82) is 0 Å². The van der Waals surface area contributed by atoms with E-state index in [1.165, 1.54) is 19.2 Å². The first-order chi connectivity index (χ1) is 15.7. The first-order valence-corrected chi connectivity index (χ1v) is 9.50. The van der Waals surface area contributed by atoms with E-state index in [1.54, 1.807) is 18.2 Å². The van der Waals surface area contributed by atoms with Crippen LogP contribution in [0.1, 0.15) is 5.56 Å². The Morgan fingerprint density at radius 2 is 1.94 bits per heavy atom. The van der Waals surface area contributed by atoms with Crippen molar-refractivity contribution in [3.63, 3.8) is 0 Å². The molecule has 0 saturated heterocycles. The lowest BCUT2D eigenvalue weighted by molar-refractivity contribution is -0.274. The molecule has 2 N–H and O–H groups in total. The molecule has 1 aliphatic rings. The average Bonchev–Trinajstić information content (AvgIpc) is 3.18. The van der Waals surface area contributed by atoms with Crippen LogP contribution in [0.2, 0.25) is 0 Å². The highest BCUT2D eigenvalue weighted by molar-refractivity contribution is 5.77. The van der Waals surface area contributed by atoms with Crippen LogP contribution < -0.4 is 20.1 Å². The fourth-order valence-corrected chi connectivity index (χ4v) is 3.14. The molecule has 0 radical (unpaired) electrons. The molecule has 3 aromatic rings. The van der Waals surface area contributed by atoms with Gasteiger partial charge in [0.05, 0.1) is 13.3 Å². The zero-order chi connectivity index (χ0) is 23.6. The first-order valence-electron chi connectivity index (χ1n) is 9.50. The van der Waals surface area contributed by atoms with Crippen LogP contribution in [0, 0.1) is 5.82 Å². The number of alkyl halides is 3.